The molecular formula is C9H15FN2O4. The van der Waals surface area contributed by atoms with E-state index in [9.17, 15) is 14.6 Å². The molecule has 1 saturated heterocycles. The van der Waals surface area contributed by atoms with E-state index in [1.807, 2.05) is 0 Å². The fourth-order valence-corrected chi connectivity index (χ4v) is 1.81. The molecule has 0 radical (unpaired) electrons. The first-order valence-electron chi connectivity index (χ1n) is 4.99. The SMILES string of the molecule is C[C@@]1(F)[C@H](O)CO[C@H]1N1C=C[C@@H](O)N[C@H]1O. The van der Waals surface area contributed by atoms with E-state index >= 15 is 0 Å². The molecule has 2 aliphatic rings. The van der Waals surface area contributed by atoms with Gasteiger partial charge in [0.15, 0.2) is 18.2 Å². The molecule has 16 heavy (non-hydrogen) atoms. The zero-order valence-corrected chi connectivity index (χ0v) is 8.75. The third-order valence-corrected chi connectivity index (χ3v) is 2.86. The zero-order chi connectivity index (χ0) is 11.9. The second-order valence-electron chi connectivity index (χ2n) is 4.13. The standard InChI is InChI=1S/C9H15FN2O4/c1-9(10)5(13)4-16-7(9)12-3-2-6(14)11-8(12)15/h2-3,5-8,11,13-15H,4H2,1H3/t5-,6-,7-,8-,9-/m1/s1. The lowest BCUT2D eigenvalue weighted by atomic mass is 10.0. The fourth-order valence-electron chi connectivity index (χ4n) is 1.81. The highest BCUT2D eigenvalue weighted by Crippen LogP contribution is 2.33. The van der Waals surface area contributed by atoms with E-state index in [1.54, 1.807) is 0 Å². The molecule has 2 heterocycles. The maximum Gasteiger partial charge on any atom is 0.187 e. The molecule has 92 valence electrons. The van der Waals surface area contributed by atoms with E-state index in [0.717, 1.165) is 0 Å². The second kappa shape index (κ2) is 3.94. The molecule has 0 unspecified atom stereocenters. The molecule has 0 aromatic heterocycles. The van der Waals surface area contributed by atoms with Crippen LogP contribution in [0, 0.1) is 0 Å². The van der Waals surface area contributed by atoms with Crippen LogP contribution >= 0.6 is 0 Å². The largest absolute Gasteiger partial charge is 0.387 e. The topological polar surface area (TPSA) is 85.2 Å². The number of hydrogen-bond donors (Lipinski definition) is 4. The molecule has 0 amide bonds. The highest BCUT2D eigenvalue weighted by Gasteiger charge is 2.52. The van der Waals surface area contributed by atoms with Crippen molar-refractivity contribution in [3.05, 3.63) is 12.3 Å². The first-order valence-corrected chi connectivity index (χ1v) is 4.99. The number of ether oxygens (including phenoxy) is 1. The van der Waals surface area contributed by atoms with Crippen LogP contribution in [0.25, 0.3) is 0 Å². The Morgan fingerprint density at radius 1 is 1.50 bits per heavy atom. The van der Waals surface area contributed by atoms with Crippen molar-refractivity contribution < 1.29 is 24.4 Å². The Hall–Kier alpha value is -0.730. The van der Waals surface area contributed by atoms with E-state index in [0.29, 0.717) is 0 Å². The number of rotatable bonds is 1. The predicted octanol–water partition coefficient (Wildman–Crippen LogP) is -1.55. The summed E-state index contributed by atoms with van der Waals surface area (Å²) in [6.07, 6.45) is -1.88. The molecule has 6 nitrogen and oxygen atoms in total. The van der Waals surface area contributed by atoms with Crippen LogP contribution in [-0.4, -0.2) is 57.4 Å². The van der Waals surface area contributed by atoms with E-state index in [1.165, 1.54) is 24.1 Å². The molecule has 0 aliphatic carbocycles. The van der Waals surface area contributed by atoms with Crippen molar-refractivity contribution in [3.8, 4) is 0 Å². The van der Waals surface area contributed by atoms with Crippen molar-refractivity contribution in [2.45, 2.75) is 37.5 Å². The minimum atomic E-state index is -1.98. The number of aliphatic hydroxyl groups is 3. The number of hydrogen-bond acceptors (Lipinski definition) is 6. The number of nitrogens with zero attached hydrogens (tertiary/aromatic N) is 1. The summed E-state index contributed by atoms with van der Waals surface area (Å²) >= 11 is 0. The van der Waals surface area contributed by atoms with E-state index < -0.39 is 30.6 Å². The molecule has 0 aromatic carbocycles. The maximum atomic E-state index is 14.1. The van der Waals surface area contributed by atoms with E-state index in [4.69, 9.17) is 9.84 Å². The van der Waals surface area contributed by atoms with Gasteiger partial charge in [0.1, 0.15) is 12.3 Å². The van der Waals surface area contributed by atoms with Crippen LogP contribution in [0.1, 0.15) is 6.92 Å². The minimum Gasteiger partial charge on any atom is -0.387 e. The third-order valence-electron chi connectivity index (χ3n) is 2.86. The Balaban J connectivity index is 2.16. The van der Waals surface area contributed by atoms with Gasteiger partial charge in [0.25, 0.3) is 0 Å². The Bertz CT molecular complexity index is 299. The molecule has 4 N–H and O–H groups in total. The summed E-state index contributed by atoms with van der Waals surface area (Å²) < 4.78 is 19.2. The highest BCUT2D eigenvalue weighted by molar-refractivity contribution is 5.03. The second-order valence-corrected chi connectivity index (χ2v) is 4.13. The quantitative estimate of drug-likeness (QED) is 0.439. The number of alkyl halides is 1. The van der Waals surface area contributed by atoms with Gasteiger partial charge in [0, 0.05) is 6.20 Å². The fraction of sp³-hybridized carbons (Fsp3) is 0.778. The van der Waals surface area contributed by atoms with Gasteiger partial charge in [-0.15, -0.1) is 0 Å². The molecule has 0 aromatic rings. The Morgan fingerprint density at radius 3 is 2.69 bits per heavy atom. The monoisotopic (exact) mass is 234 g/mol. The minimum absolute atomic E-state index is 0.128. The maximum absolute atomic E-state index is 14.1. The molecule has 0 bridgehead atoms. The van der Waals surface area contributed by atoms with Crippen molar-refractivity contribution in [2.75, 3.05) is 6.61 Å². The van der Waals surface area contributed by atoms with Crippen molar-refractivity contribution in [1.82, 2.24) is 10.2 Å². The lowest BCUT2D eigenvalue weighted by Crippen LogP contribution is -2.58. The number of halogens is 1. The van der Waals surface area contributed by atoms with Gasteiger partial charge in [-0.05, 0) is 13.0 Å². The van der Waals surface area contributed by atoms with Crippen molar-refractivity contribution >= 4 is 0 Å². The normalized spacial score (nSPS) is 48.7. The molecule has 1 fully saturated rings. The van der Waals surface area contributed by atoms with Crippen molar-refractivity contribution in [2.24, 2.45) is 0 Å². The Labute approximate surface area is 91.9 Å². The summed E-state index contributed by atoms with van der Waals surface area (Å²) in [5, 5.41) is 30.5. The van der Waals surface area contributed by atoms with Crippen LogP contribution in [0.4, 0.5) is 4.39 Å². The van der Waals surface area contributed by atoms with Gasteiger partial charge in [-0.25, -0.2) is 9.71 Å². The van der Waals surface area contributed by atoms with Gasteiger partial charge in [-0.2, -0.15) is 0 Å². The van der Waals surface area contributed by atoms with Gasteiger partial charge in [-0.1, -0.05) is 0 Å². The van der Waals surface area contributed by atoms with Crippen molar-refractivity contribution in [3.63, 3.8) is 0 Å². The van der Waals surface area contributed by atoms with Gasteiger partial charge in [0.05, 0.1) is 6.61 Å². The van der Waals surface area contributed by atoms with Gasteiger partial charge >= 0.3 is 0 Å². The van der Waals surface area contributed by atoms with Crippen LogP contribution in [0.15, 0.2) is 12.3 Å². The van der Waals surface area contributed by atoms with Crippen LogP contribution in [0.2, 0.25) is 0 Å². The number of nitrogens with one attached hydrogen (secondary N) is 1. The summed E-state index contributed by atoms with van der Waals surface area (Å²) in [5.74, 6) is 0. The van der Waals surface area contributed by atoms with Gasteiger partial charge in [0.2, 0.25) is 0 Å². The average Bonchev–Trinajstić information content (AvgIpc) is 2.44. The summed E-state index contributed by atoms with van der Waals surface area (Å²) in [7, 11) is 0. The molecule has 7 heteroatoms. The zero-order valence-electron chi connectivity index (χ0n) is 8.75. The van der Waals surface area contributed by atoms with E-state index in [2.05, 4.69) is 5.32 Å². The van der Waals surface area contributed by atoms with E-state index in [-0.39, 0.29) is 6.61 Å². The first kappa shape index (κ1) is 11.7. The lowest BCUT2D eigenvalue weighted by molar-refractivity contribution is -0.151. The molecule has 0 spiro atoms. The summed E-state index contributed by atoms with van der Waals surface area (Å²) in [6.45, 7) is 1.08. The van der Waals surface area contributed by atoms with Crippen LogP contribution in [0.5, 0.6) is 0 Å². The Kier molecular flexibility index (Phi) is 2.89. The summed E-state index contributed by atoms with van der Waals surface area (Å²) in [5.41, 5.74) is -1.98. The van der Waals surface area contributed by atoms with Crippen molar-refractivity contribution in [1.29, 1.82) is 0 Å². The van der Waals surface area contributed by atoms with Crippen LogP contribution in [-0.2, 0) is 4.74 Å². The first-order chi connectivity index (χ1) is 7.43. The third kappa shape index (κ3) is 1.80. The van der Waals surface area contributed by atoms with Crippen LogP contribution < -0.4 is 5.32 Å². The summed E-state index contributed by atoms with van der Waals surface area (Å²) in [4.78, 5) is 1.17. The number of aliphatic hydroxyl groups excluding tert-OH is 3. The van der Waals surface area contributed by atoms with Gasteiger partial charge < -0.3 is 25.0 Å². The highest BCUT2D eigenvalue weighted by atomic mass is 19.1. The molecule has 2 aliphatic heterocycles. The smallest absolute Gasteiger partial charge is 0.187 e. The molecule has 0 saturated carbocycles. The molecule has 5 atom stereocenters. The summed E-state index contributed by atoms with van der Waals surface area (Å²) in [6, 6.07) is 0. The lowest BCUT2D eigenvalue weighted by Gasteiger charge is -2.39. The molecular weight excluding hydrogens is 219 g/mol. The van der Waals surface area contributed by atoms with Crippen LogP contribution in [0.3, 0.4) is 0 Å². The Morgan fingerprint density at radius 2 is 2.19 bits per heavy atom. The molecule has 2 rings (SSSR count). The van der Waals surface area contributed by atoms with Gasteiger partial charge in [-0.3, -0.25) is 0 Å². The average molecular weight is 234 g/mol. The predicted molar refractivity (Wildman–Crippen MR) is 51.4 cm³/mol.